The molecule has 13 heavy (non-hydrogen) atoms. The summed E-state index contributed by atoms with van der Waals surface area (Å²) < 4.78 is 0. The van der Waals surface area contributed by atoms with Crippen LogP contribution in [0.15, 0.2) is 33.5 Å². The number of thioether (sulfide) groups is 1. The molecule has 1 aromatic heterocycles. The van der Waals surface area contributed by atoms with Crippen LogP contribution < -0.4 is 0 Å². The molecule has 1 aliphatic heterocycles. The largest absolute Gasteiger partial charge is 0.281 e. The van der Waals surface area contributed by atoms with Gasteiger partial charge in [0.1, 0.15) is 0 Å². The second kappa shape index (κ2) is 3.82. The third kappa shape index (κ3) is 1.80. The van der Waals surface area contributed by atoms with E-state index in [2.05, 4.69) is 15.9 Å². The average Bonchev–Trinajstić information content (AvgIpc) is 2.72. The van der Waals surface area contributed by atoms with Gasteiger partial charge in [-0.25, -0.2) is 0 Å². The van der Waals surface area contributed by atoms with Gasteiger partial charge in [-0.3, -0.25) is 4.79 Å². The molecule has 0 N–H and O–H groups in total. The number of thiophene rings is 1. The van der Waals surface area contributed by atoms with Crippen LogP contribution in [0.4, 0.5) is 0 Å². The molecule has 1 nitrogen and oxygen atoms in total. The number of hydrogen-bond donors (Lipinski definition) is 0. The zero-order chi connectivity index (χ0) is 9.26. The SMILES string of the molecule is O=C1S/C(=C/Br)C=C1c1cccs1. The Morgan fingerprint density at radius 3 is 2.85 bits per heavy atom. The van der Waals surface area contributed by atoms with Crippen molar-refractivity contribution in [2.75, 3.05) is 0 Å². The topological polar surface area (TPSA) is 17.1 Å². The van der Waals surface area contributed by atoms with Gasteiger partial charge in [-0.1, -0.05) is 22.0 Å². The van der Waals surface area contributed by atoms with E-state index in [0.29, 0.717) is 0 Å². The lowest BCUT2D eigenvalue weighted by atomic mass is 10.2. The highest BCUT2D eigenvalue weighted by Crippen LogP contribution is 2.38. The molecule has 0 aliphatic carbocycles. The lowest BCUT2D eigenvalue weighted by Crippen LogP contribution is -1.86. The Morgan fingerprint density at radius 1 is 1.46 bits per heavy atom. The molecule has 0 saturated carbocycles. The molecule has 2 heterocycles. The van der Waals surface area contributed by atoms with E-state index in [1.165, 1.54) is 11.8 Å². The quantitative estimate of drug-likeness (QED) is 0.777. The molecule has 4 heteroatoms. The Labute approximate surface area is 92.7 Å². The summed E-state index contributed by atoms with van der Waals surface area (Å²) in [5.41, 5.74) is 0.811. The van der Waals surface area contributed by atoms with Crippen LogP contribution in [0.2, 0.25) is 0 Å². The van der Waals surface area contributed by atoms with Crippen molar-refractivity contribution >= 4 is 49.7 Å². The average molecular weight is 273 g/mol. The first-order valence-corrected chi connectivity index (χ1v) is 6.20. The van der Waals surface area contributed by atoms with Gasteiger partial charge >= 0.3 is 0 Å². The van der Waals surface area contributed by atoms with Gasteiger partial charge in [0.25, 0.3) is 0 Å². The predicted molar refractivity (Wildman–Crippen MR) is 61.9 cm³/mol. The molecule has 0 fully saturated rings. The summed E-state index contributed by atoms with van der Waals surface area (Å²) in [6, 6.07) is 3.92. The Kier molecular flexibility index (Phi) is 2.71. The summed E-state index contributed by atoms with van der Waals surface area (Å²) >= 11 is 6.07. The zero-order valence-electron chi connectivity index (χ0n) is 6.49. The summed E-state index contributed by atoms with van der Waals surface area (Å²) in [7, 11) is 0. The Hall–Kier alpha value is -0.320. The number of rotatable bonds is 1. The smallest absolute Gasteiger partial charge is 0.225 e. The summed E-state index contributed by atoms with van der Waals surface area (Å²) in [5.74, 6) is 0. The van der Waals surface area contributed by atoms with E-state index in [-0.39, 0.29) is 5.12 Å². The van der Waals surface area contributed by atoms with Crippen molar-refractivity contribution in [1.82, 2.24) is 0 Å². The van der Waals surface area contributed by atoms with Crippen LogP contribution in [0.3, 0.4) is 0 Å². The van der Waals surface area contributed by atoms with Crippen molar-refractivity contribution in [2.45, 2.75) is 0 Å². The molecular weight excluding hydrogens is 268 g/mol. The third-order valence-corrected chi connectivity index (χ3v) is 4.19. The van der Waals surface area contributed by atoms with Gasteiger partial charge in [0.2, 0.25) is 5.12 Å². The molecule has 0 unspecified atom stereocenters. The van der Waals surface area contributed by atoms with Gasteiger partial charge in [-0.15, -0.1) is 11.3 Å². The van der Waals surface area contributed by atoms with E-state index in [0.717, 1.165) is 15.4 Å². The molecule has 66 valence electrons. The number of carbonyl (C=O) groups excluding carboxylic acids is 1. The Bertz CT molecular complexity index is 390. The molecule has 0 bridgehead atoms. The highest BCUT2D eigenvalue weighted by Gasteiger charge is 2.21. The molecule has 0 amide bonds. The van der Waals surface area contributed by atoms with Crippen LogP contribution in [0.25, 0.3) is 5.57 Å². The van der Waals surface area contributed by atoms with Gasteiger partial charge < -0.3 is 0 Å². The van der Waals surface area contributed by atoms with E-state index in [1.54, 1.807) is 16.3 Å². The van der Waals surface area contributed by atoms with Gasteiger partial charge in [0, 0.05) is 15.4 Å². The van der Waals surface area contributed by atoms with E-state index in [1.807, 2.05) is 23.6 Å². The number of carbonyl (C=O) groups is 1. The van der Waals surface area contributed by atoms with E-state index >= 15 is 0 Å². The first-order chi connectivity index (χ1) is 6.31. The summed E-state index contributed by atoms with van der Waals surface area (Å²) in [6.07, 6.45) is 1.91. The standard InChI is InChI=1S/C9H5BrOS2/c10-5-6-4-7(9(11)13-6)8-2-1-3-12-8/h1-5H/b6-5+. The van der Waals surface area contributed by atoms with Crippen LogP contribution in [-0.2, 0) is 4.79 Å². The number of hydrogen-bond acceptors (Lipinski definition) is 3. The lowest BCUT2D eigenvalue weighted by molar-refractivity contribution is -0.106. The minimum atomic E-state index is 0.133. The maximum atomic E-state index is 11.5. The van der Waals surface area contributed by atoms with Crippen LogP contribution >= 0.6 is 39.0 Å². The van der Waals surface area contributed by atoms with Crippen LogP contribution in [0, 0.1) is 0 Å². The van der Waals surface area contributed by atoms with Gasteiger partial charge in [-0.2, -0.15) is 0 Å². The minimum Gasteiger partial charge on any atom is -0.281 e. The molecule has 0 spiro atoms. The van der Waals surface area contributed by atoms with Crippen molar-refractivity contribution in [3.8, 4) is 0 Å². The molecule has 0 saturated heterocycles. The fourth-order valence-corrected chi connectivity index (χ4v) is 2.98. The van der Waals surface area contributed by atoms with Gasteiger partial charge in [0.15, 0.2) is 0 Å². The first-order valence-electron chi connectivity index (χ1n) is 3.59. The summed E-state index contributed by atoms with van der Waals surface area (Å²) in [6.45, 7) is 0. The highest BCUT2D eigenvalue weighted by molar-refractivity contribution is 9.11. The maximum absolute atomic E-state index is 11.5. The second-order valence-electron chi connectivity index (χ2n) is 2.44. The number of halogens is 1. The Morgan fingerprint density at radius 2 is 2.31 bits per heavy atom. The molecule has 1 aromatic rings. The van der Waals surface area contributed by atoms with Gasteiger partial charge in [-0.05, 0) is 34.3 Å². The summed E-state index contributed by atoms with van der Waals surface area (Å²) in [4.78, 5) is 15.3. The normalized spacial score (nSPS) is 19.6. The van der Waals surface area contributed by atoms with E-state index < -0.39 is 0 Å². The van der Waals surface area contributed by atoms with Crippen LogP contribution in [0.1, 0.15) is 4.88 Å². The lowest BCUT2D eigenvalue weighted by Gasteiger charge is -1.91. The van der Waals surface area contributed by atoms with Crippen molar-refractivity contribution in [3.63, 3.8) is 0 Å². The molecule has 1 aliphatic rings. The Balaban J connectivity index is 2.40. The molecule has 0 atom stereocenters. The fourth-order valence-electron chi connectivity index (χ4n) is 1.05. The molecule has 0 aromatic carbocycles. The van der Waals surface area contributed by atoms with Crippen molar-refractivity contribution < 1.29 is 4.79 Å². The first kappa shape index (κ1) is 9.24. The van der Waals surface area contributed by atoms with Crippen LogP contribution in [-0.4, -0.2) is 5.12 Å². The molecule has 0 radical (unpaired) electrons. The molecular formula is C9H5BrOS2. The zero-order valence-corrected chi connectivity index (χ0v) is 9.71. The van der Waals surface area contributed by atoms with Crippen molar-refractivity contribution in [1.29, 1.82) is 0 Å². The van der Waals surface area contributed by atoms with Crippen molar-refractivity contribution in [3.05, 3.63) is 38.4 Å². The maximum Gasteiger partial charge on any atom is 0.225 e. The molecule has 2 rings (SSSR count). The van der Waals surface area contributed by atoms with Crippen LogP contribution in [0.5, 0.6) is 0 Å². The number of allylic oxidation sites excluding steroid dienone is 1. The predicted octanol–water partition coefficient (Wildman–Crippen LogP) is 3.64. The monoisotopic (exact) mass is 272 g/mol. The second-order valence-corrected chi connectivity index (χ2v) is 4.89. The summed E-state index contributed by atoms with van der Waals surface area (Å²) in [5, 5.41) is 2.11. The van der Waals surface area contributed by atoms with E-state index in [9.17, 15) is 4.79 Å². The minimum absolute atomic E-state index is 0.133. The van der Waals surface area contributed by atoms with Crippen molar-refractivity contribution in [2.24, 2.45) is 0 Å². The highest BCUT2D eigenvalue weighted by atomic mass is 79.9. The fraction of sp³-hybridized carbons (Fsp3) is 0. The van der Waals surface area contributed by atoms with E-state index in [4.69, 9.17) is 0 Å². The third-order valence-electron chi connectivity index (χ3n) is 1.61. The van der Waals surface area contributed by atoms with Gasteiger partial charge in [0.05, 0.1) is 0 Å².